The van der Waals surface area contributed by atoms with Gasteiger partial charge in [0.15, 0.2) is 0 Å². The lowest BCUT2D eigenvalue weighted by Crippen LogP contribution is -2.42. The van der Waals surface area contributed by atoms with Crippen LogP contribution in [0.2, 0.25) is 5.02 Å². The van der Waals surface area contributed by atoms with Crippen LogP contribution in [0, 0.1) is 11.7 Å². The molecule has 0 radical (unpaired) electrons. The highest BCUT2D eigenvalue weighted by molar-refractivity contribution is 6.31. The first-order valence-electron chi connectivity index (χ1n) is 10.5. The van der Waals surface area contributed by atoms with Crippen molar-refractivity contribution in [2.45, 2.75) is 32.5 Å². The molecule has 4 rings (SSSR count). The van der Waals surface area contributed by atoms with Gasteiger partial charge in [0.05, 0.1) is 12.2 Å². The first kappa shape index (κ1) is 21.5. The van der Waals surface area contributed by atoms with Crippen LogP contribution in [0.5, 0.6) is 0 Å². The topological polar surface area (TPSA) is 50.2 Å². The van der Waals surface area contributed by atoms with Crippen molar-refractivity contribution >= 4 is 17.5 Å². The molecular formula is C24H26ClFN4O. The molecule has 31 heavy (non-hydrogen) atoms. The van der Waals surface area contributed by atoms with Crippen molar-refractivity contribution in [2.75, 3.05) is 13.1 Å². The van der Waals surface area contributed by atoms with Gasteiger partial charge in [-0.1, -0.05) is 41.9 Å². The third-order valence-electron chi connectivity index (χ3n) is 5.70. The number of carbonyl (C=O) groups is 1. The van der Waals surface area contributed by atoms with Gasteiger partial charge in [-0.25, -0.2) is 9.37 Å². The van der Waals surface area contributed by atoms with Crippen LogP contribution in [0.3, 0.4) is 0 Å². The molecule has 5 nitrogen and oxygen atoms in total. The van der Waals surface area contributed by atoms with Gasteiger partial charge in [-0.15, -0.1) is 0 Å². The van der Waals surface area contributed by atoms with E-state index in [-0.39, 0.29) is 17.6 Å². The molecule has 1 unspecified atom stereocenters. The van der Waals surface area contributed by atoms with E-state index in [0.29, 0.717) is 30.2 Å². The van der Waals surface area contributed by atoms with Crippen LogP contribution in [0.25, 0.3) is 0 Å². The number of hydrogen-bond acceptors (Lipinski definition) is 3. The number of piperidine rings is 1. The zero-order chi connectivity index (χ0) is 21.6. The summed E-state index contributed by atoms with van der Waals surface area (Å²) in [5.74, 6) is -0.354. The maximum Gasteiger partial charge on any atom is 0.224 e. The Balaban J connectivity index is 1.31. The molecule has 1 N–H and O–H groups in total. The highest BCUT2D eigenvalue weighted by Crippen LogP contribution is 2.24. The average Bonchev–Trinajstić information content (AvgIpc) is 3.28. The molecular weight excluding hydrogens is 415 g/mol. The predicted octanol–water partition coefficient (Wildman–Crippen LogP) is 4.25. The van der Waals surface area contributed by atoms with E-state index < -0.39 is 0 Å². The Bertz CT molecular complexity index is 1000. The molecule has 2 aromatic carbocycles. The van der Waals surface area contributed by atoms with E-state index in [1.807, 2.05) is 22.9 Å². The van der Waals surface area contributed by atoms with Crippen LogP contribution in [-0.2, 0) is 24.4 Å². The molecule has 1 aliphatic rings. The number of imidazole rings is 1. The SMILES string of the molecule is O=C(NCc1cccc(Cn2ccnc2)c1)C1CCCN(Cc2c(F)cccc2Cl)C1. The number of nitrogens with one attached hydrogen (secondary N) is 1. The number of aromatic nitrogens is 2. The van der Waals surface area contributed by atoms with Crippen LogP contribution in [0.15, 0.2) is 61.2 Å². The highest BCUT2D eigenvalue weighted by Gasteiger charge is 2.26. The summed E-state index contributed by atoms with van der Waals surface area (Å²) < 4.78 is 16.1. The quantitative estimate of drug-likeness (QED) is 0.597. The van der Waals surface area contributed by atoms with Gasteiger partial charge in [0.2, 0.25) is 5.91 Å². The Morgan fingerprint density at radius 1 is 1.19 bits per heavy atom. The Kier molecular flexibility index (Phi) is 6.99. The number of nitrogens with zero attached hydrogens (tertiary/aromatic N) is 3. The molecule has 0 aliphatic carbocycles. The Hall–Kier alpha value is -2.70. The summed E-state index contributed by atoms with van der Waals surface area (Å²) in [5.41, 5.74) is 2.73. The molecule has 1 saturated heterocycles. The molecule has 162 valence electrons. The zero-order valence-electron chi connectivity index (χ0n) is 17.3. The largest absolute Gasteiger partial charge is 0.352 e. The summed E-state index contributed by atoms with van der Waals surface area (Å²) in [7, 11) is 0. The van der Waals surface area contributed by atoms with E-state index in [1.165, 1.54) is 6.07 Å². The number of benzene rings is 2. The standard InChI is InChI=1S/C24H26ClFN4O/c25-22-7-2-8-23(26)21(22)16-29-10-3-6-20(15-29)24(31)28-13-18-4-1-5-19(12-18)14-30-11-9-27-17-30/h1-2,4-5,7-9,11-12,17,20H,3,6,10,13-16H2,(H,28,31). The molecule has 1 aliphatic heterocycles. The van der Waals surface area contributed by atoms with E-state index >= 15 is 0 Å². The van der Waals surface area contributed by atoms with Crippen molar-refractivity contribution in [3.8, 4) is 0 Å². The third-order valence-corrected chi connectivity index (χ3v) is 6.06. The number of hydrogen-bond donors (Lipinski definition) is 1. The fourth-order valence-electron chi connectivity index (χ4n) is 4.08. The van der Waals surface area contributed by atoms with E-state index in [4.69, 9.17) is 11.6 Å². The summed E-state index contributed by atoms with van der Waals surface area (Å²) >= 11 is 6.17. The highest BCUT2D eigenvalue weighted by atomic mass is 35.5. The van der Waals surface area contributed by atoms with Crippen LogP contribution in [0.4, 0.5) is 4.39 Å². The summed E-state index contributed by atoms with van der Waals surface area (Å²) in [5, 5.41) is 3.51. The molecule has 0 saturated carbocycles. The first-order valence-corrected chi connectivity index (χ1v) is 10.9. The maximum absolute atomic E-state index is 14.1. The van der Waals surface area contributed by atoms with E-state index in [9.17, 15) is 9.18 Å². The Morgan fingerprint density at radius 3 is 2.84 bits per heavy atom. The van der Waals surface area contributed by atoms with Crippen molar-refractivity contribution in [1.82, 2.24) is 19.8 Å². The fraction of sp³-hybridized carbons (Fsp3) is 0.333. The van der Waals surface area contributed by atoms with Gasteiger partial charge in [0, 0.05) is 49.2 Å². The summed E-state index contributed by atoms with van der Waals surface area (Å²) in [6.45, 7) is 3.11. The maximum atomic E-state index is 14.1. The number of rotatable bonds is 7. The minimum absolute atomic E-state index is 0.0457. The number of likely N-dealkylation sites (tertiary alicyclic amines) is 1. The number of halogens is 2. The van der Waals surface area contributed by atoms with Gasteiger partial charge in [-0.3, -0.25) is 9.69 Å². The summed E-state index contributed by atoms with van der Waals surface area (Å²) in [4.78, 5) is 19.0. The predicted molar refractivity (Wildman–Crippen MR) is 119 cm³/mol. The first-order chi connectivity index (χ1) is 15.1. The van der Waals surface area contributed by atoms with Gasteiger partial charge in [0.25, 0.3) is 0 Å². The normalized spacial score (nSPS) is 16.9. The van der Waals surface area contributed by atoms with Crippen molar-refractivity contribution in [1.29, 1.82) is 0 Å². The molecule has 1 fully saturated rings. The molecule has 2 heterocycles. The van der Waals surface area contributed by atoms with Crippen LogP contribution >= 0.6 is 11.6 Å². The molecule has 3 aromatic rings. The van der Waals surface area contributed by atoms with E-state index in [1.54, 1.807) is 24.7 Å². The van der Waals surface area contributed by atoms with E-state index in [0.717, 1.165) is 37.1 Å². The van der Waals surface area contributed by atoms with Crippen molar-refractivity contribution in [3.63, 3.8) is 0 Å². The van der Waals surface area contributed by atoms with Crippen LogP contribution in [-0.4, -0.2) is 33.4 Å². The number of amides is 1. The minimum atomic E-state index is -0.297. The van der Waals surface area contributed by atoms with Crippen molar-refractivity contribution in [3.05, 3.63) is 88.7 Å². The second kappa shape index (κ2) is 10.1. The Morgan fingerprint density at radius 2 is 2.03 bits per heavy atom. The van der Waals surface area contributed by atoms with E-state index in [2.05, 4.69) is 27.3 Å². The molecule has 0 bridgehead atoms. The fourth-order valence-corrected chi connectivity index (χ4v) is 4.31. The number of carbonyl (C=O) groups excluding carboxylic acids is 1. The van der Waals surface area contributed by atoms with Crippen molar-refractivity contribution < 1.29 is 9.18 Å². The van der Waals surface area contributed by atoms with Crippen LogP contribution in [0.1, 0.15) is 29.5 Å². The lowest BCUT2D eigenvalue weighted by atomic mass is 9.96. The molecule has 0 spiro atoms. The second-order valence-corrected chi connectivity index (χ2v) is 8.45. The summed E-state index contributed by atoms with van der Waals surface area (Å²) in [6, 6.07) is 12.9. The van der Waals surface area contributed by atoms with Crippen LogP contribution < -0.4 is 5.32 Å². The Labute approximate surface area is 186 Å². The zero-order valence-corrected chi connectivity index (χ0v) is 18.1. The van der Waals surface area contributed by atoms with Gasteiger partial charge < -0.3 is 9.88 Å². The van der Waals surface area contributed by atoms with Crippen molar-refractivity contribution in [2.24, 2.45) is 5.92 Å². The lowest BCUT2D eigenvalue weighted by Gasteiger charge is -2.32. The van der Waals surface area contributed by atoms with Gasteiger partial charge in [-0.2, -0.15) is 0 Å². The molecule has 1 aromatic heterocycles. The average molecular weight is 441 g/mol. The second-order valence-electron chi connectivity index (χ2n) is 8.05. The molecule has 1 atom stereocenters. The monoisotopic (exact) mass is 440 g/mol. The molecule has 1 amide bonds. The third kappa shape index (κ3) is 5.71. The summed E-state index contributed by atoms with van der Waals surface area (Å²) in [6.07, 6.45) is 7.23. The van der Waals surface area contributed by atoms with Gasteiger partial charge in [0.1, 0.15) is 5.82 Å². The molecule has 7 heteroatoms. The van der Waals surface area contributed by atoms with Gasteiger partial charge >= 0.3 is 0 Å². The minimum Gasteiger partial charge on any atom is -0.352 e. The van der Waals surface area contributed by atoms with Gasteiger partial charge in [-0.05, 0) is 42.6 Å². The smallest absolute Gasteiger partial charge is 0.224 e. The lowest BCUT2D eigenvalue weighted by molar-refractivity contribution is -0.126.